The van der Waals surface area contributed by atoms with Gasteiger partial charge in [-0.15, -0.1) is 0 Å². The molecule has 0 heterocycles. The fourth-order valence-electron chi connectivity index (χ4n) is 5.56. The molecule has 9 heteroatoms. The molecule has 0 aliphatic carbocycles. The quantitative estimate of drug-likeness (QED) is 0.0473. The number of nitrogens with one attached hydrogen (secondary N) is 2. The molecule has 0 spiro atoms. The van der Waals surface area contributed by atoms with Crippen LogP contribution in [0.5, 0.6) is 0 Å². The first-order valence-electron chi connectivity index (χ1n) is 18.5. The third-order valence-electron chi connectivity index (χ3n) is 8.37. The molecule has 0 saturated carbocycles. The summed E-state index contributed by atoms with van der Waals surface area (Å²) in [5, 5.41) is 5.36. The molecular formula is C35H70N2O6S. The predicted molar refractivity (Wildman–Crippen MR) is 183 cm³/mol. The van der Waals surface area contributed by atoms with Gasteiger partial charge in [-0.25, -0.2) is 4.18 Å². The van der Waals surface area contributed by atoms with E-state index in [0.717, 1.165) is 38.5 Å². The van der Waals surface area contributed by atoms with Gasteiger partial charge in [0.1, 0.15) is 6.04 Å². The predicted octanol–water partition coefficient (Wildman–Crippen LogP) is 9.37. The molecule has 0 bridgehead atoms. The van der Waals surface area contributed by atoms with Crippen molar-refractivity contribution < 1.29 is 26.7 Å². The summed E-state index contributed by atoms with van der Waals surface area (Å²) in [5.41, 5.74) is 0. The van der Waals surface area contributed by atoms with Gasteiger partial charge >= 0.3 is 10.4 Å². The molecule has 2 amide bonds. The van der Waals surface area contributed by atoms with Gasteiger partial charge in [-0.1, -0.05) is 174 Å². The zero-order valence-corrected chi connectivity index (χ0v) is 29.5. The molecule has 262 valence electrons. The molecule has 0 aliphatic rings. The van der Waals surface area contributed by atoms with Crippen molar-refractivity contribution in [2.24, 2.45) is 0 Å². The number of carbonyl (C=O) groups excluding carboxylic acids is 2. The zero-order chi connectivity index (χ0) is 32.6. The summed E-state index contributed by atoms with van der Waals surface area (Å²) in [4.78, 5) is 25.1. The van der Waals surface area contributed by atoms with Gasteiger partial charge in [-0.05, 0) is 12.8 Å². The molecule has 3 N–H and O–H groups in total. The Balaban J connectivity index is 3.95. The van der Waals surface area contributed by atoms with Crippen LogP contribution in [0, 0.1) is 0 Å². The Morgan fingerprint density at radius 2 is 0.909 bits per heavy atom. The molecule has 0 aliphatic heterocycles. The molecule has 0 rings (SSSR count). The molecule has 0 radical (unpaired) electrons. The van der Waals surface area contributed by atoms with E-state index in [4.69, 9.17) is 4.55 Å². The number of rotatable bonds is 34. The fourth-order valence-corrected chi connectivity index (χ4v) is 5.87. The fraction of sp³-hybridized carbons (Fsp3) is 0.943. The van der Waals surface area contributed by atoms with Crippen LogP contribution < -0.4 is 10.6 Å². The Bertz CT molecular complexity index is 762. The van der Waals surface area contributed by atoms with Crippen LogP contribution in [0.2, 0.25) is 0 Å². The minimum Gasteiger partial charge on any atom is -0.354 e. The summed E-state index contributed by atoms with van der Waals surface area (Å²) in [6, 6.07) is -1.17. The summed E-state index contributed by atoms with van der Waals surface area (Å²) in [6.45, 7) is 4.31. The van der Waals surface area contributed by atoms with Crippen LogP contribution >= 0.6 is 0 Å². The van der Waals surface area contributed by atoms with E-state index in [9.17, 15) is 18.0 Å². The van der Waals surface area contributed by atoms with Gasteiger partial charge in [0, 0.05) is 13.0 Å². The number of hydrogen-bond donors (Lipinski definition) is 3. The van der Waals surface area contributed by atoms with Gasteiger partial charge in [0.05, 0.1) is 6.61 Å². The molecule has 0 unspecified atom stereocenters. The lowest BCUT2D eigenvalue weighted by Gasteiger charge is -2.18. The third kappa shape index (κ3) is 32.2. The summed E-state index contributed by atoms with van der Waals surface area (Å²) in [7, 11) is -4.71. The van der Waals surface area contributed by atoms with Crippen LogP contribution in [0.25, 0.3) is 0 Å². The molecular weight excluding hydrogens is 576 g/mol. The highest BCUT2D eigenvalue weighted by Gasteiger charge is 2.23. The minimum atomic E-state index is -4.71. The van der Waals surface area contributed by atoms with Crippen molar-refractivity contribution in [3.63, 3.8) is 0 Å². The second kappa shape index (κ2) is 31.8. The summed E-state index contributed by atoms with van der Waals surface area (Å²) < 4.78 is 35.4. The number of amides is 2. The van der Waals surface area contributed by atoms with Crippen molar-refractivity contribution >= 4 is 22.2 Å². The Morgan fingerprint density at radius 1 is 0.568 bits per heavy atom. The lowest BCUT2D eigenvalue weighted by atomic mass is 10.0. The first kappa shape index (κ1) is 42.8. The molecule has 0 aromatic rings. The molecule has 0 aromatic heterocycles. The van der Waals surface area contributed by atoms with Crippen molar-refractivity contribution in [2.75, 3.05) is 13.2 Å². The highest BCUT2D eigenvalue weighted by atomic mass is 32.3. The summed E-state index contributed by atoms with van der Waals surface area (Å²) in [6.07, 6.45) is 33.6. The molecule has 8 nitrogen and oxygen atoms in total. The van der Waals surface area contributed by atoms with Crippen molar-refractivity contribution in [3.05, 3.63) is 0 Å². The Hall–Kier alpha value is -1.19. The van der Waals surface area contributed by atoms with E-state index >= 15 is 0 Å². The first-order valence-corrected chi connectivity index (χ1v) is 19.9. The van der Waals surface area contributed by atoms with Crippen LogP contribution in [0.3, 0.4) is 0 Å². The maximum atomic E-state index is 12.6. The molecule has 0 aromatic carbocycles. The smallest absolute Gasteiger partial charge is 0.354 e. The highest BCUT2D eigenvalue weighted by molar-refractivity contribution is 7.80. The van der Waals surface area contributed by atoms with Crippen LogP contribution in [0.4, 0.5) is 0 Å². The number of carbonyl (C=O) groups is 2. The molecule has 0 saturated heterocycles. The van der Waals surface area contributed by atoms with Crippen molar-refractivity contribution in [1.82, 2.24) is 10.6 Å². The average molecular weight is 647 g/mol. The molecule has 0 fully saturated rings. The standard InChI is InChI=1S/C35H70N2O6S/c1-3-5-7-9-11-13-15-17-18-19-20-22-24-26-28-30-34(38)37-33(32-43-44(40,41)42)35(39)36-31-29-27-25-23-21-16-14-12-10-8-6-4-2/h33H,3-32H2,1-2H3,(H,36,39)(H,37,38)(H,40,41,42)/t33-/m1/s1. The van der Waals surface area contributed by atoms with Gasteiger partial charge < -0.3 is 10.6 Å². The maximum Gasteiger partial charge on any atom is 0.397 e. The minimum absolute atomic E-state index is 0.270. The Morgan fingerprint density at radius 3 is 1.27 bits per heavy atom. The number of hydrogen-bond acceptors (Lipinski definition) is 5. The van der Waals surface area contributed by atoms with Gasteiger partial charge in [-0.2, -0.15) is 8.42 Å². The van der Waals surface area contributed by atoms with E-state index in [0.29, 0.717) is 6.54 Å². The van der Waals surface area contributed by atoms with Crippen LogP contribution in [0.1, 0.15) is 194 Å². The molecule has 1 atom stereocenters. The monoisotopic (exact) mass is 646 g/mol. The van der Waals surface area contributed by atoms with Gasteiger partial charge in [-0.3, -0.25) is 14.1 Å². The lowest BCUT2D eigenvalue weighted by Crippen LogP contribution is -2.49. The zero-order valence-electron chi connectivity index (χ0n) is 28.7. The van der Waals surface area contributed by atoms with E-state index in [1.54, 1.807) is 0 Å². The first-order chi connectivity index (χ1) is 21.3. The highest BCUT2D eigenvalue weighted by Crippen LogP contribution is 2.14. The Labute approximate surface area is 272 Å². The Kier molecular flexibility index (Phi) is 30.9. The lowest BCUT2D eigenvalue weighted by molar-refractivity contribution is -0.129. The van der Waals surface area contributed by atoms with Crippen molar-refractivity contribution in [2.45, 2.75) is 200 Å². The summed E-state index contributed by atoms with van der Waals surface area (Å²) in [5.74, 6) is -0.814. The second-order valence-corrected chi connectivity index (χ2v) is 13.8. The van der Waals surface area contributed by atoms with E-state index in [2.05, 4.69) is 28.7 Å². The van der Waals surface area contributed by atoms with Gasteiger partial charge in [0.15, 0.2) is 0 Å². The maximum absolute atomic E-state index is 12.6. The van der Waals surface area contributed by atoms with Crippen LogP contribution in [-0.2, 0) is 24.2 Å². The van der Waals surface area contributed by atoms with E-state index in [-0.39, 0.29) is 12.3 Å². The van der Waals surface area contributed by atoms with E-state index in [1.807, 2.05) is 0 Å². The summed E-state index contributed by atoms with van der Waals surface area (Å²) >= 11 is 0. The SMILES string of the molecule is CCCCCCCCCCCCCCCCCC(=O)N[C@H](COS(=O)(=O)O)C(=O)NCCCCCCCCCCCCCC. The normalized spacial score (nSPS) is 12.3. The van der Waals surface area contributed by atoms with Gasteiger partial charge in [0.2, 0.25) is 11.8 Å². The average Bonchev–Trinajstić information content (AvgIpc) is 2.99. The van der Waals surface area contributed by atoms with Gasteiger partial charge in [0.25, 0.3) is 0 Å². The second-order valence-electron chi connectivity index (χ2n) is 12.7. The van der Waals surface area contributed by atoms with E-state index in [1.165, 1.54) is 135 Å². The van der Waals surface area contributed by atoms with Crippen molar-refractivity contribution in [3.8, 4) is 0 Å². The van der Waals surface area contributed by atoms with Crippen LogP contribution in [-0.4, -0.2) is 44.0 Å². The largest absolute Gasteiger partial charge is 0.397 e. The number of unbranched alkanes of at least 4 members (excludes halogenated alkanes) is 25. The van der Waals surface area contributed by atoms with E-state index < -0.39 is 29.0 Å². The molecule has 44 heavy (non-hydrogen) atoms. The third-order valence-corrected chi connectivity index (χ3v) is 8.81. The van der Waals surface area contributed by atoms with Crippen molar-refractivity contribution in [1.29, 1.82) is 0 Å². The van der Waals surface area contributed by atoms with Crippen LogP contribution in [0.15, 0.2) is 0 Å². The topological polar surface area (TPSA) is 122 Å².